The SMILES string of the molecule is CC(C)C(NC(N)=O)C(=O)N(C)Cc1ccc(-n2cccn2)cc1. The molecule has 1 aromatic heterocycles. The number of rotatable bonds is 6. The normalized spacial score (nSPS) is 12.0. The van der Waals surface area contributed by atoms with E-state index in [2.05, 4.69) is 10.4 Å². The molecule has 0 spiro atoms. The molecule has 3 N–H and O–H groups in total. The van der Waals surface area contributed by atoms with Crippen LogP contribution in [0.2, 0.25) is 0 Å². The number of amides is 3. The number of hydrogen-bond donors (Lipinski definition) is 2. The number of nitrogens with one attached hydrogen (secondary N) is 1. The molecule has 1 heterocycles. The Labute approximate surface area is 141 Å². The zero-order chi connectivity index (χ0) is 17.7. The first-order valence-electron chi connectivity index (χ1n) is 7.78. The molecule has 0 aliphatic rings. The predicted molar refractivity (Wildman–Crippen MR) is 91.4 cm³/mol. The van der Waals surface area contributed by atoms with Crippen molar-refractivity contribution in [3.63, 3.8) is 0 Å². The van der Waals surface area contributed by atoms with Crippen LogP contribution in [-0.4, -0.2) is 39.7 Å². The van der Waals surface area contributed by atoms with E-state index in [-0.39, 0.29) is 11.8 Å². The molecule has 1 aromatic carbocycles. The minimum absolute atomic E-state index is 0.0466. The second kappa shape index (κ2) is 7.63. The van der Waals surface area contributed by atoms with Crippen LogP contribution in [0.15, 0.2) is 42.7 Å². The van der Waals surface area contributed by atoms with Crippen molar-refractivity contribution in [1.82, 2.24) is 20.0 Å². The molecule has 24 heavy (non-hydrogen) atoms. The number of likely N-dealkylation sites (N-methyl/N-ethyl adjacent to an activating group) is 1. The second-order valence-electron chi connectivity index (χ2n) is 6.04. The standard InChI is InChI=1S/C17H23N5O2/c1-12(2)15(20-17(18)24)16(23)21(3)11-13-5-7-14(8-6-13)22-10-4-9-19-22/h4-10,12,15H,11H2,1-3H3,(H3,18,20,24). The Hall–Kier alpha value is -2.83. The average molecular weight is 329 g/mol. The quantitative estimate of drug-likeness (QED) is 0.841. The van der Waals surface area contributed by atoms with Gasteiger partial charge in [0.05, 0.1) is 5.69 Å². The van der Waals surface area contributed by atoms with E-state index in [4.69, 9.17) is 5.73 Å². The van der Waals surface area contributed by atoms with Gasteiger partial charge in [0.25, 0.3) is 0 Å². The molecule has 2 rings (SSSR count). The average Bonchev–Trinajstić information content (AvgIpc) is 3.06. The highest BCUT2D eigenvalue weighted by Gasteiger charge is 2.26. The predicted octanol–water partition coefficient (Wildman–Crippen LogP) is 1.52. The molecule has 0 aliphatic carbocycles. The Bertz CT molecular complexity index is 680. The summed E-state index contributed by atoms with van der Waals surface area (Å²) in [7, 11) is 1.71. The molecule has 1 atom stereocenters. The second-order valence-corrected chi connectivity index (χ2v) is 6.04. The summed E-state index contributed by atoms with van der Waals surface area (Å²) in [6, 6.07) is 8.33. The Morgan fingerprint density at radius 1 is 1.29 bits per heavy atom. The number of carbonyl (C=O) groups excluding carboxylic acids is 2. The van der Waals surface area contributed by atoms with E-state index < -0.39 is 12.1 Å². The molecular formula is C17H23N5O2. The molecule has 7 nitrogen and oxygen atoms in total. The molecule has 1 unspecified atom stereocenters. The third-order valence-electron chi connectivity index (χ3n) is 3.73. The maximum absolute atomic E-state index is 12.5. The monoisotopic (exact) mass is 329 g/mol. The minimum atomic E-state index is -0.695. The van der Waals surface area contributed by atoms with Gasteiger partial charge in [-0.1, -0.05) is 26.0 Å². The smallest absolute Gasteiger partial charge is 0.312 e. The van der Waals surface area contributed by atoms with E-state index in [1.165, 1.54) is 0 Å². The zero-order valence-electron chi connectivity index (χ0n) is 14.1. The summed E-state index contributed by atoms with van der Waals surface area (Å²) in [5, 5.41) is 6.69. The highest BCUT2D eigenvalue weighted by molar-refractivity contribution is 5.86. The first-order chi connectivity index (χ1) is 11.4. The van der Waals surface area contributed by atoms with Crippen LogP contribution in [0.3, 0.4) is 0 Å². The summed E-state index contributed by atoms with van der Waals surface area (Å²) in [4.78, 5) is 25.2. The number of urea groups is 1. The summed E-state index contributed by atoms with van der Waals surface area (Å²) >= 11 is 0. The van der Waals surface area contributed by atoms with E-state index in [1.54, 1.807) is 22.8 Å². The van der Waals surface area contributed by atoms with Gasteiger partial charge in [0.15, 0.2) is 0 Å². The van der Waals surface area contributed by atoms with Crippen LogP contribution in [0.4, 0.5) is 4.79 Å². The highest BCUT2D eigenvalue weighted by Crippen LogP contribution is 2.12. The highest BCUT2D eigenvalue weighted by atomic mass is 16.2. The lowest BCUT2D eigenvalue weighted by Crippen LogP contribution is -2.51. The maximum atomic E-state index is 12.5. The molecule has 0 radical (unpaired) electrons. The van der Waals surface area contributed by atoms with Crippen molar-refractivity contribution < 1.29 is 9.59 Å². The number of primary amides is 1. The maximum Gasteiger partial charge on any atom is 0.312 e. The number of hydrogen-bond acceptors (Lipinski definition) is 3. The summed E-state index contributed by atoms with van der Waals surface area (Å²) in [6.07, 6.45) is 3.59. The third kappa shape index (κ3) is 4.34. The molecule has 128 valence electrons. The van der Waals surface area contributed by atoms with Gasteiger partial charge in [-0.05, 0) is 29.7 Å². The summed E-state index contributed by atoms with van der Waals surface area (Å²) in [5.41, 5.74) is 7.10. The Kier molecular flexibility index (Phi) is 5.57. The van der Waals surface area contributed by atoms with Gasteiger partial charge in [-0.2, -0.15) is 5.10 Å². The molecule has 0 fully saturated rings. The molecule has 0 saturated heterocycles. The summed E-state index contributed by atoms with van der Waals surface area (Å²) in [5.74, 6) is -0.213. The molecule has 3 amide bonds. The van der Waals surface area contributed by atoms with Crippen molar-refractivity contribution in [2.45, 2.75) is 26.4 Å². The molecule has 0 saturated carbocycles. The number of nitrogens with zero attached hydrogens (tertiary/aromatic N) is 3. The van der Waals surface area contributed by atoms with Gasteiger partial charge in [-0.15, -0.1) is 0 Å². The van der Waals surface area contributed by atoms with Crippen LogP contribution < -0.4 is 11.1 Å². The molecule has 0 aliphatic heterocycles. The molecule has 7 heteroatoms. The lowest BCUT2D eigenvalue weighted by Gasteiger charge is -2.26. The fourth-order valence-electron chi connectivity index (χ4n) is 2.43. The van der Waals surface area contributed by atoms with Crippen LogP contribution in [0.5, 0.6) is 0 Å². The summed E-state index contributed by atoms with van der Waals surface area (Å²) in [6.45, 7) is 4.18. The van der Waals surface area contributed by atoms with Gasteiger partial charge in [-0.25, -0.2) is 9.48 Å². The number of benzene rings is 1. The third-order valence-corrected chi connectivity index (χ3v) is 3.73. The minimum Gasteiger partial charge on any atom is -0.352 e. The number of nitrogens with two attached hydrogens (primary N) is 1. The Morgan fingerprint density at radius 2 is 1.96 bits per heavy atom. The Balaban J connectivity index is 2.03. The van der Waals surface area contributed by atoms with Gasteiger partial charge in [0, 0.05) is 26.0 Å². The van der Waals surface area contributed by atoms with Crippen LogP contribution in [0.25, 0.3) is 5.69 Å². The van der Waals surface area contributed by atoms with Gasteiger partial charge in [0.2, 0.25) is 5.91 Å². The topological polar surface area (TPSA) is 93.2 Å². The fourth-order valence-corrected chi connectivity index (χ4v) is 2.43. The van der Waals surface area contributed by atoms with Crippen molar-refractivity contribution >= 4 is 11.9 Å². The van der Waals surface area contributed by atoms with Gasteiger partial charge in [0.1, 0.15) is 6.04 Å². The van der Waals surface area contributed by atoms with E-state index in [0.717, 1.165) is 11.3 Å². The van der Waals surface area contributed by atoms with Crippen LogP contribution >= 0.6 is 0 Å². The first-order valence-corrected chi connectivity index (χ1v) is 7.78. The van der Waals surface area contributed by atoms with E-state index in [0.29, 0.717) is 6.54 Å². The molecule has 2 aromatic rings. The van der Waals surface area contributed by atoms with Crippen LogP contribution in [0.1, 0.15) is 19.4 Å². The van der Waals surface area contributed by atoms with Crippen molar-refractivity contribution in [2.75, 3.05) is 7.05 Å². The van der Waals surface area contributed by atoms with Gasteiger partial charge in [-0.3, -0.25) is 4.79 Å². The first kappa shape index (κ1) is 17.5. The van der Waals surface area contributed by atoms with Crippen molar-refractivity contribution in [1.29, 1.82) is 0 Å². The van der Waals surface area contributed by atoms with E-state index in [9.17, 15) is 9.59 Å². The molecule has 0 bridgehead atoms. The van der Waals surface area contributed by atoms with Crippen LogP contribution in [0, 0.1) is 5.92 Å². The van der Waals surface area contributed by atoms with Gasteiger partial charge >= 0.3 is 6.03 Å². The molecular weight excluding hydrogens is 306 g/mol. The van der Waals surface area contributed by atoms with Crippen molar-refractivity contribution in [3.8, 4) is 5.69 Å². The largest absolute Gasteiger partial charge is 0.352 e. The lowest BCUT2D eigenvalue weighted by molar-refractivity contribution is -0.133. The summed E-state index contributed by atoms with van der Waals surface area (Å²) < 4.78 is 1.77. The van der Waals surface area contributed by atoms with Crippen LogP contribution in [-0.2, 0) is 11.3 Å². The Morgan fingerprint density at radius 3 is 2.46 bits per heavy atom. The zero-order valence-corrected chi connectivity index (χ0v) is 14.1. The fraction of sp³-hybridized carbons (Fsp3) is 0.353. The van der Waals surface area contributed by atoms with Crippen molar-refractivity contribution in [3.05, 3.63) is 48.3 Å². The number of aromatic nitrogens is 2. The van der Waals surface area contributed by atoms with E-state index >= 15 is 0 Å². The van der Waals surface area contributed by atoms with Crippen molar-refractivity contribution in [2.24, 2.45) is 11.7 Å². The number of carbonyl (C=O) groups is 2. The lowest BCUT2D eigenvalue weighted by atomic mass is 10.0. The van der Waals surface area contributed by atoms with Gasteiger partial charge < -0.3 is 16.0 Å². The van der Waals surface area contributed by atoms with E-state index in [1.807, 2.05) is 50.4 Å².